The second-order valence-electron chi connectivity index (χ2n) is 6.72. The first-order valence-corrected chi connectivity index (χ1v) is 9.53. The van der Waals surface area contributed by atoms with Gasteiger partial charge in [0.15, 0.2) is 0 Å². The van der Waals surface area contributed by atoms with Crippen LogP contribution in [0.2, 0.25) is 0 Å². The van der Waals surface area contributed by atoms with Crippen LogP contribution in [-0.4, -0.2) is 56.2 Å². The number of carbonyl (C=O) groups is 2. The van der Waals surface area contributed by atoms with Gasteiger partial charge in [-0.2, -0.15) is 0 Å². The van der Waals surface area contributed by atoms with Crippen LogP contribution in [0.15, 0.2) is 42.5 Å². The van der Waals surface area contributed by atoms with Gasteiger partial charge in [0, 0.05) is 44.4 Å². The van der Waals surface area contributed by atoms with Gasteiger partial charge in [0.2, 0.25) is 0 Å². The molecule has 0 radical (unpaired) electrons. The molecule has 2 heterocycles. The predicted octanol–water partition coefficient (Wildman–Crippen LogP) is 1.14. The molecule has 0 aliphatic carbocycles. The van der Waals surface area contributed by atoms with Crippen molar-refractivity contribution < 1.29 is 14.3 Å². The van der Waals surface area contributed by atoms with Gasteiger partial charge in [-0.1, -0.05) is 30.3 Å². The molecule has 28 heavy (non-hydrogen) atoms. The van der Waals surface area contributed by atoms with Crippen LogP contribution >= 0.6 is 0 Å². The number of hydrogen-bond donors (Lipinski definition) is 3. The smallest absolute Gasteiger partial charge is 0.269 e. The Labute approximate surface area is 164 Å². The minimum Gasteiger partial charge on any atom is -0.376 e. The lowest BCUT2D eigenvalue weighted by molar-refractivity contribution is 0.0239. The van der Waals surface area contributed by atoms with Crippen molar-refractivity contribution in [3.63, 3.8) is 0 Å². The van der Waals surface area contributed by atoms with Gasteiger partial charge in [-0.25, -0.2) is 4.98 Å². The molecular formula is C21H26N4O3. The maximum Gasteiger partial charge on any atom is 0.269 e. The number of benzene rings is 1. The van der Waals surface area contributed by atoms with Gasteiger partial charge < -0.3 is 20.7 Å². The average molecular weight is 382 g/mol. The predicted molar refractivity (Wildman–Crippen MR) is 106 cm³/mol. The van der Waals surface area contributed by atoms with Crippen molar-refractivity contribution in [3.8, 4) is 0 Å². The summed E-state index contributed by atoms with van der Waals surface area (Å²) in [5, 5.41) is 8.75. The van der Waals surface area contributed by atoms with Crippen LogP contribution < -0.4 is 16.0 Å². The Hall–Kier alpha value is -2.77. The summed E-state index contributed by atoms with van der Waals surface area (Å²) in [5.74, 6) is -0.531. The molecule has 0 unspecified atom stereocenters. The molecule has 7 heteroatoms. The van der Waals surface area contributed by atoms with E-state index in [4.69, 9.17) is 4.74 Å². The summed E-state index contributed by atoms with van der Waals surface area (Å²) >= 11 is 0. The number of nitrogens with zero attached hydrogens (tertiary/aromatic N) is 1. The third-order valence-electron chi connectivity index (χ3n) is 4.58. The number of ether oxygens (including phenoxy) is 1. The van der Waals surface area contributed by atoms with Crippen LogP contribution in [0.3, 0.4) is 0 Å². The number of aromatic nitrogens is 1. The Bertz CT molecular complexity index is 805. The van der Waals surface area contributed by atoms with Gasteiger partial charge in [0.1, 0.15) is 5.69 Å². The first-order chi connectivity index (χ1) is 13.7. The number of pyridine rings is 1. The van der Waals surface area contributed by atoms with Gasteiger partial charge in [-0.05, 0) is 24.1 Å². The zero-order valence-corrected chi connectivity index (χ0v) is 16.0. The van der Waals surface area contributed by atoms with E-state index >= 15 is 0 Å². The van der Waals surface area contributed by atoms with Gasteiger partial charge in [-0.15, -0.1) is 0 Å². The zero-order valence-electron chi connectivity index (χ0n) is 16.0. The van der Waals surface area contributed by atoms with Gasteiger partial charge in [-0.3, -0.25) is 9.59 Å². The molecule has 1 aliphatic heterocycles. The summed E-state index contributed by atoms with van der Waals surface area (Å²) in [6, 6.07) is 13.1. The molecule has 2 amide bonds. The highest BCUT2D eigenvalue weighted by atomic mass is 16.5. The summed E-state index contributed by atoms with van der Waals surface area (Å²) in [6.45, 7) is 2.87. The van der Waals surface area contributed by atoms with Crippen LogP contribution in [0.25, 0.3) is 0 Å². The summed E-state index contributed by atoms with van der Waals surface area (Å²) in [6.07, 6.45) is 1.40. The number of carbonyl (C=O) groups excluding carboxylic acids is 2. The van der Waals surface area contributed by atoms with E-state index in [0.717, 1.165) is 25.1 Å². The van der Waals surface area contributed by atoms with Crippen molar-refractivity contribution in [2.75, 3.05) is 33.3 Å². The van der Waals surface area contributed by atoms with E-state index in [-0.39, 0.29) is 23.6 Å². The zero-order chi connectivity index (χ0) is 19.8. The number of hydrogen-bond acceptors (Lipinski definition) is 5. The van der Waals surface area contributed by atoms with Crippen LogP contribution in [0.5, 0.6) is 0 Å². The van der Waals surface area contributed by atoms with Crippen LogP contribution in [-0.2, 0) is 11.2 Å². The Morgan fingerprint density at radius 3 is 2.75 bits per heavy atom. The van der Waals surface area contributed by atoms with Crippen molar-refractivity contribution in [2.24, 2.45) is 0 Å². The molecule has 1 aromatic heterocycles. The van der Waals surface area contributed by atoms with Crippen molar-refractivity contribution >= 4 is 11.8 Å². The molecule has 1 aromatic carbocycles. The van der Waals surface area contributed by atoms with Gasteiger partial charge in [0.25, 0.3) is 11.8 Å². The Balaban J connectivity index is 1.69. The first kappa shape index (κ1) is 20.0. The highest BCUT2D eigenvalue weighted by Gasteiger charge is 2.16. The van der Waals surface area contributed by atoms with E-state index in [9.17, 15) is 9.59 Å². The van der Waals surface area contributed by atoms with E-state index in [1.54, 1.807) is 13.1 Å². The number of nitrogens with one attached hydrogen (secondary N) is 3. The SMILES string of the molecule is CNC(=O)c1cc(C(=O)NCC[C@@H]2CNCCO2)cc(Cc2ccccc2)n1. The first-order valence-electron chi connectivity index (χ1n) is 9.53. The van der Waals surface area contributed by atoms with Crippen molar-refractivity contribution in [1.29, 1.82) is 0 Å². The quantitative estimate of drug-likeness (QED) is 0.668. The van der Waals surface area contributed by atoms with Crippen LogP contribution in [0.4, 0.5) is 0 Å². The fourth-order valence-corrected chi connectivity index (χ4v) is 3.11. The molecule has 2 aromatic rings. The molecule has 0 saturated carbocycles. The molecule has 1 atom stereocenters. The monoisotopic (exact) mass is 382 g/mol. The molecule has 3 rings (SSSR count). The molecule has 1 aliphatic rings. The highest BCUT2D eigenvalue weighted by Crippen LogP contribution is 2.12. The molecule has 148 valence electrons. The maximum atomic E-state index is 12.6. The Morgan fingerprint density at radius 2 is 2.04 bits per heavy atom. The topological polar surface area (TPSA) is 92.4 Å². The van der Waals surface area contributed by atoms with Crippen molar-refractivity contribution in [1.82, 2.24) is 20.9 Å². The second-order valence-corrected chi connectivity index (χ2v) is 6.72. The summed E-state index contributed by atoms with van der Waals surface area (Å²) in [4.78, 5) is 29.1. The van der Waals surface area contributed by atoms with E-state index in [1.165, 1.54) is 6.07 Å². The molecule has 0 spiro atoms. The Morgan fingerprint density at radius 1 is 1.21 bits per heavy atom. The molecule has 1 fully saturated rings. The van der Waals surface area contributed by atoms with E-state index in [1.807, 2.05) is 30.3 Å². The minimum absolute atomic E-state index is 0.113. The van der Waals surface area contributed by atoms with Crippen LogP contribution in [0.1, 0.15) is 38.5 Å². The van der Waals surface area contributed by atoms with Crippen LogP contribution in [0, 0.1) is 0 Å². The number of rotatable bonds is 7. The standard InChI is InChI=1S/C21H26N4O3/c1-22-21(27)19-13-16(12-17(25-19)11-15-5-3-2-4-6-15)20(26)24-8-7-18-14-23-9-10-28-18/h2-6,12-13,18,23H,7-11,14H2,1H3,(H,22,27)(H,24,26)/t18-/m1/s1. The molecular weight excluding hydrogens is 356 g/mol. The molecule has 7 nitrogen and oxygen atoms in total. The fourth-order valence-electron chi connectivity index (χ4n) is 3.11. The third kappa shape index (κ3) is 5.61. The normalized spacial score (nSPS) is 16.4. The van der Waals surface area contributed by atoms with Crippen molar-refractivity contribution in [3.05, 3.63) is 65.0 Å². The Kier molecular flexibility index (Phi) is 7.11. The van der Waals surface area contributed by atoms with Crippen molar-refractivity contribution in [2.45, 2.75) is 18.9 Å². The lowest BCUT2D eigenvalue weighted by Crippen LogP contribution is -2.40. The second kappa shape index (κ2) is 9.96. The van der Waals surface area contributed by atoms with E-state index in [0.29, 0.717) is 30.8 Å². The lowest BCUT2D eigenvalue weighted by Gasteiger charge is -2.23. The van der Waals surface area contributed by atoms with E-state index in [2.05, 4.69) is 20.9 Å². The summed E-state index contributed by atoms with van der Waals surface area (Å²) < 4.78 is 5.64. The van der Waals surface area contributed by atoms with Gasteiger partial charge >= 0.3 is 0 Å². The maximum absolute atomic E-state index is 12.6. The largest absolute Gasteiger partial charge is 0.376 e. The lowest BCUT2D eigenvalue weighted by atomic mass is 10.1. The summed E-state index contributed by atoms with van der Waals surface area (Å²) in [5.41, 5.74) is 2.41. The fraction of sp³-hybridized carbons (Fsp3) is 0.381. The number of morpholine rings is 1. The third-order valence-corrected chi connectivity index (χ3v) is 4.58. The average Bonchev–Trinajstić information content (AvgIpc) is 2.74. The van der Waals surface area contributed by atoms with Gasteiger partial charge in [0.05, 0.1) is 12.7 Å². The summed E-state index contributed by atoms with van der Waals surface area (Å²) in [7, 11) is 1.55. The van der Waals surface area contributed by atoms with E-state index < -0.39 is 0 Å². The highest BCUT2D eigenvalue weighted by molar-refractivity contribution is 5.98. The number of amides is 2. The minimum atomic E-state index is -0.314. The molecule has 1 saturated heterocycles. The molecule has 0 bridgehead atoms. The molecule has 3 N–H and O–H groups in total.